The monoisotopic (exact) mass is 262 g/mol. The molecule has 0 saturated carbocycles. The minimum atomic E-state index is 0.669. The number of nitriles is 1. The zero-order valence-corrected chi connectivity index (χ0v) is 12.7. The molecule has 0 fully saturated rings. The van der Waals surface area contributed by atoms with Gasteiger partial charge in [-0.3, -0.25) is 4.68 Å². The number of nitrogens with one attached hydrogen (secondary N) is 1. The van der Waals surface area contributed by atoms with Gasteiger partial charge in [-0.05, 0) is 19.3 Å². The molecule has 0 spiro atoms. The third-order valence-electron chi connectivity index (χ3n) is 3.33. The predicted molar refractivity (Wildman–Crippen MR) is 79.1 cm³/mol. The second kappa shape index (κ2) is 7.83. The van der Waals surface area contributed by atoms with Crippen LogP contribution in [0.25, 0.3) is 0 Å². The molecule has 1 N–H and O–H groups in total. The van der Waals surface area contributed by atoms with Crippen LogP contribution in [-0.2, 0) is 7.05 Å². The van der Waals surface area contributed by atoms with Crippen LogP contribution in [0.2, 0.25) is 0 Å². The van der Waals surface area contributed by atoms with Crippen molar-refractivity contribution in [3.05, 3.63) is 11.3 Å². The maximum Gasteiger partial charge on any atom is 0.142 e. The van der Waals surface area contributed by atoms with Crippen LogP contribution in [-0.4, -0.2) is 16.3 Å². The third-order valence-corrected chi connectivity index (χ3v) is 3.33. The Bertz CT molecular complexity index is 426. The minimum absolute atomic E-state index is 0.669. The first-order chi connectivity index (χ1) is 9.06. The molecule has 1 aromatic heterocycles. The molecular formula is C15H26N4. The molecule has 0 aliphatic heterocycles. The first-order valence-corrected chi connectivity index (χ1v) is 7.23. The number of nitrogens with zero attached hydrogens (tertiary/aromatic N) is 3. The highest BCUT2D eigenvalue weighted by Gasteiger charge is 2.11. The van der Waals surface area contributed by atoms with Gasteiger partial charge in [-0.15, -0.1) is 0 Å². The minimum Gasteiger partial charge on any atom is -0.369 e. The molecule has 4 heteroatoms. The molecule has 19 heavy (non-hydrogen) atoms. The summed E-state index contributed by atoms with van der Waals surface area (Å²) in [5.74, 6) is 1.66. The summed E-state index contributed by atoms with van der Waals surface area (Å²) in [5.41, 5.74) is 1.46. The number of hydrogen-bond acceptors (Lipinski definition) is 3. The second-order valence-electron chi connectivity index (χ2n) is 5.57. The van der Waals surface area contributed by atoms with E-state index in [1.165, 1.54) is 25.7 Å². The lowest BCUT2D eigenvalue weighted by Gasteiger charge is -2.07. The molecule has 106 valence electrons. The Labute approximate surface area is 116 Å². The van der Waals surface area contributed by atoms with Crippen LogP contribution >= 0.6 is 0 Å². The fourth-order valence-electron chi connectivity index (χ4n) is 2.23. The van der Waals surface area contributed by atoms with Crippen molar-refractivity contribution in [2.45, 2.75) is 52.9 Å². The summed E-state index contributed by atoms with van der Waals surface area (Å²) in [4.78, 5) is 0. The normalized spacial score (nSPS) is 10.7. The number of anilines is 1. The van der Waals surface area contributed by atoms with Gasteiger partial charge < -0.3 is 5.32 Å². The highest BCUT2D eigenvalue weighted by Crippen LogP contribution is 2.17. The van der Waals surface area contributed by atoms with Crippen molar-refractivity contribution in [2.75, 3.05) is 11.9 Å². The maximum absolute atomic E-state index is 9.09. The van der Waals surface area contributed by atoms with Gasteiger partial charge in [-0.25, -0.2) is 0 Å². The molecule has 4 nitrogen and oxygen atoms in total. The number of hydrogen-bond donors (Lipinski definition) is 1. The summed E-state index contributed by atoms with van der Waals surface area (Å²) in [6.45, 7) is 7.33. The fraction of sp³-hybridized carbons (Fsp3) is 0.733. The molecule has 0 aliphatic carbocycles. The van der Waals surface area contributed by atoms with Gasteiger partial charge in [0.15, 0.2) is 0 Å². The second-order valence-corrected chi connectivity index (χ2v) is 5.57. The van der Waals surface area contributed by atoms with Crippen LogP contribution in [0, 0.1) is 24.2 Å². The van der Waals surface area contributed by atoms with Gasteiger partial charge in [0.2, 0.25) is 0 Å². The lowest BCUT2D eigenvalue weighted by Crippen LogP contribution is -2.07. The van der Waals surface area contributed by atoms with Crippen LogP contribution in [0.1, 0.15) is 57.2 Å². The van der Waals surface area contributed by atoms with Crippen molar-refractivity contribution in [1.29, 1.82) is 5.26 Å². The van der Waals surface area contributed by atoms with Crippen molar-refractivity contribution < 1.29 is 0 Å². The molecular weight excluding hydrogens is 236 g/mol. The Morgan fingerprint density at radius 1 is 1.26 bits per heavy atom. The van der Waals surface area contributed by atoms with Crippen LogP contribution in [0.15, 0.2) is 0 Å². The van der Waals surface area contributed by atoms with E-state index in [9.17, 15) is 0 Å². The van der Waals surface area contributed by atoms with Crippen molar-refractivity contribution in [3.63, 3.8) is 0 Å². The topological polar surface area (TPSA) is 53.6 Å². The van der Waals surface area contributed by atoms with Gasteiger partial charge in [0.1, 0.15) is 17.5 Å². The zero-order valence-electron chi connectivity index (χ0n) is 12.7. The maximum atomic E-state index is 9.09. The van der Waals surface area contributed by atoms with E-state index in [4.69, 9.17) is 5.26 Å². The van der Waals surface area contributed by atoms with Crippen molar-refractivity contribution in [3.8, 4) is 6.07 Å². The van der Waals surface area contributed by atoms with Gasteiger partial charge in [0.05, 0.1) is 5.69 Å². The van der Waals surface area contributed by atoms with Crippen LogP contribution in [0.3, 0.4) is 0 Å². The summed E-state index contributed by atoms with van der Waals surface area (Å²) in [7, 11) is 1.87. The van der Waals surface area contributed by atoms with E-state index in [0.29, 0.717) is 5.56 Å². The first-order valence-electron chi connectivity index (χ1n) is 7.23. The van der Waals surface area contributed by atoms with Gasteiger partial charge in [-0.2, -0.15) is 10.4 Å². The molecule has 0 atom stereocenters. The first kappa shape index (κ1) is 15.6. The number of aromatic nitrogens is 2. The SMILES string of the molecule is Cc1nn(C)c(NCCCCCCC(C)C)c1C#N. The quantitative estimate of drug-likeness (QED) is 0.728. The number of rotatable bonds is 8. The number of aryl methyl sites for hydroxylation is 2. The standard InChI is InChI=1S/C15H26N4/c1-12(2)9-7-5-6-8-10-17-15-14(11-16)13(3)18-19(15)4/h12,17H,5-10H2,1-4H3. The van der Waals surface area contributed by atoms with Crippen LogP contribution in [0.5, 0.6) is 0 Å². The van der Waals surface area contributed by atoms with E-state index in [0.717, 1.165) is 30.4 Å². The van der Waals surface area contributed by atoms with E-state index in [-0.39, 0.29) is 0 Å². The van der Waals surface area contributed by atoms with Crippen molar-refractivity contribution >= 4 is 5.82 Å². The van der Waals surface area contributed by atoms with Crippen molar-refractivity contribution in [1.82, 2.24) is 9.78 Å². The lowest BCUT2D eigenvalue weighted by atomic mass is 10.0. The summed E-state index contributed by atoms with van der Waals surface area (Å²) < 4.78 is 1.76. The van der Waals surface area contributed by atoms with E-state index in [1.807, 2.05) is 14.0 Å². The Morgan fingerprint density at radius 2 is 1.95 bits per heavy atom. The lowest BCUT2D eigenvalue weighted by molar-refractivity contribution is 0.522. The van der Waals surface area contributed by atoms with Gasteiger partial charge in [0.25, 0.3) is 0 Å². The summed E-state index contributed by atoms with van der Waals surface area (Å²) in [5, 5.41) is 16.7. The summed E-state index contributed by atoms with van der Waals surface area (Å²) in [6, 6.07) is 2.21. The largest absolute Gasteiger partial charge is 0.369 e. The Balaban J connectivity index is 2.25. The number of unbranched alkanes of at least 4 members (excludes halogenated alkanes) is 3. The summed E-state index contributed by atoms with van der Waals surface area (Å²) in [6.07, 6.45) is 6.35. The Morgan fingerprint density at radius 3 is 2.58 bits per heavy atom. The molecule has 0 amide bonds. The van der Waals surface area contributed by atoms with E-state index < -0.39 is 0 Å². The predicted octanol–water partition coefficient (Wildman–Crippen LogP) is 3.62. The fourth-order valence-corrected chi connectivity index (χ4v) is 2.23. The average Bonchev–Trinajstić information content (AvgIpc) is 2.62. The Kier molecular flexibility index (Phi) is 6.41. The molecule has 0 saturated heterocycles. The molecule has 0 aliphatic rings. The Hall–Kier alpha value is -1.50. The molecule has 0 bridgehead atoms. The molecule has 1 heterocycles. The van der Waals surface area contributed by atoms with Gasteiger partial charge in [-0.1, -0.05) is 39.5 Å². The molecule has 0 aromatic carbocycles. The van der Waals surface area contributed by atoms with Crippen molar-refractivity contribution in [2.24, 2.45) is 13.0 Å². The zero-order chi connectivity index (χ0) is 14.3. The highest BCUT2D eigenvalue weighted by molar-refractivity contribution is 5.54. The van der Waals surface area contributed by atoms with Gasteiger partial charge >= 0.3 is 0 Å². The molecule has 1 aromatic rings. The van der Waals surface area contributed by atoms with E-state index in [2.05, 4.69) is 30.3 Å². The molecule has 1 rings (SSSR count). The van der Waals surface area contributed by atoms with Crippen LogP contribution in [0.4, 0.5) is 5.82 Å². The molecule has 0 unspecified atom stereocenters. The highest BCUT2D eigenvalue weighted by atomic mass is 15.3. The van der Waals surface area contributed by atoms with E-state index >= 15 is 0 Å². The van der Waals surface area contributed by atoms with Gasteiger partial charge in [0, 0.05) is 13.6 Å². The smallest absolute Gasteiger partial charge is 0.142 e. The third kappa shape index (κ3) is 4.94. The van der Waals surface area contributed by atoms with E-state index in [1.54, 1.807) is 4.68 Å². The van der Waals surface area contributed by atoms with Crippen LogP contribution < -0.4 is 5.32 Å². The molecule has 0 radical (unpaired) electrons. The summed E-state index contributed by atoms with van der Waals surface area (Å²) >= 11 is 0. The average molecular weight is 262 g/mol.